The molecule has 0 saturated heterocycles. The lowest BCUT2D eigenvalue weighted by molar-refractivity contribution is 0.286. The Hall–Kier alpha value is -1.39. The molecule has 0 atom stereocenters. The van der Waals surface area contributed by atoms with Crippen molar-refractivity contribution < 1.29 is 0 Å². The van der Waals surface area contributed by atoms with Crippen LogP contribution in [-0.4, -0.2) is 27.6 Å². The number of benzene rings is 1. The van der Waals surface area contributed by atoms with E-state index in [9.17, 15) is 0 Å². The van der Waals surface area contributed by atoms with Gasteiger partial charge in [-0.3, -0.25) is 4.68 Å². The minimum absolute atomic E-state index is 0.602. The molecule has 1 N–H and O–H groups in total. The molecule has 5 heteroatoms. The van der Waals surface area contributed by atoms with E-state index in [4.69, 9.17) is 11.6 Å². The highest BCUT2D eigenvalue weighted by molar-refractivity contribution is 6.31. The van der Waals surface area contributed by atoms with Crippen LogP contribution in [0.4, 0.5) is 0 Å². The fourth-order valence-electron chi connectivity index (χ4n) is 2.58. The summed E-state index contributed by atoms with van der Waals surface area (Å²) in [6.07, 6.45) is 5.92. The van der Waals surface area contributed by atoms with Gasteiger partial charge in [0.05, 0.1) is 12.7 Å². The van der Waals surface area contributed by atoms with Gasteiger partial charge in [0, 0.05) is 23.8 Å². The normalized spacial score (nSPS) is 22.2. The number of nitrogens with one attached hydrogen (secondary N) is 1. The molecule has 3 rings (SSSR count). The first-order valence-electron chi connectivity index (χ1n) is 6.65. The van der Waals surface area contributed by atoms with Gasteiger partial charge in [0.1, 0.15) is 0 Å². The molecule has 100 valence electrons. The predicted molar refractivity (Wildman–Crippen MR) is 75.2 cm³/mol. The Balaban J connectivity index is 1.42. The number of hydrogen-bond donors (Lipinski definition) is 1. The van der Waals surface area contributed by atoms with Crippen LogP contribution in [0.25, 0.3) is 0 Å². The minimum atomic E-state index is 0.602. The highest BCUT2D eigenvalue weighted by Gasteiger charge is 2.30. The first-order valence-corrected chi connectivity index (χ1v) is 7.02. The molecule has 0 amide bonds. The number of rotatable bonds is 5. The van der Waals surface area contributed by atoms with Crippen LogP contribution in [-0.2, 0) is 6.54 Å². The van der Waals surface area contributed by atoms with Crippen molar-refractivity contribution in [2.75, 3.05) is 6.54 Å². The number of aromatic nitrogens is 3. The van der Waals surface area contributed by atoms with E-state index in [1.165, 1.54) is 18.4 Å². The fraction of sp³-hybridized carbons (Fsp3) is 0.429. The maximum absolute atomic E-state index is 6.21. The molecule has 1 aromatic heterocycles. The number of halogens is 1. The average Bonchev–Trinajstić information content (AvgIpc) is 2.87. The summed E-state index contributed by atoms with van der Waals surface area (Å²) in [6.45, 7) is 1.80. The summed E-state index contributed by atoms with van der Waals surface area (Å²) >= 11 is 6.21. The lowest BCUT2D eigenvalue weighted by Crippen LogP contribution is -2.41. The molecule has 1 aliphatic carbocycles. The lowest BCUT2D eigenvalue weighted by Gasteiger charge is -2.36. The second-order valence-corrected chi connectivity index (χ2v) is 5.41. The summed E-state index contributed by atoms with van der Waals surface area (Å²) in [7, 11) is 0. The topological polar surface area (TPSA) is 42.7 Å². The first kappa shape index (κ1) is 12.6. The van der Waals surface area contributed by atoms with Gasteiger partial charge in [-0.2, -0.15) is 0 Å². The van der Waals surface area contributed by atoms with Crippen molar-refractivity contribution in [2.45, 2.75) is 31.3 Å². The van der Waals surface area contributed by atoms with Crippen LogP contribution in [0.1, 0.15) is 24.3 Å². The van der Waals surface area contributed by atoms with Gasteiger partial charge in [-0.1, -0.05) is 35.0 Å². The monoisotopic (exact) mass is 276 g/mol. The van der Waals surface area contributed by atoms with Crippen LogP contribution in [0, 0.1) is 0 Å². The van der Waals surface area contributed by atoms with Gasteiger partial charge in [0.25, 0.3) is 0 Å². The molecule has 1 aromatic carbocycles. The van der Waals surface area contributed by atoms with Crippen molar-refractivity contribution in [3.05, 3.63) is 47.2 Å². The molecule has 2 aromatic rings. The van der Waals surface area contributed by atoms with Crippen LogP contribution in [0.5, 0.6) is 0 Å². The highest BCUT2D eigenvalue weighted by atomic mass is 35.5. The molecular weight excluding hydrogens is 260 g/mol. The molecule has 0 bridgehead atoms. The summed E-state index contributed by atoms with van der Waals surface area (Å²) in [4.78, 5) is 0. The highest BCUT2D eigenvalue weighted by Crippen LogP contribution is 2.39. The van der Waals surface area contributed by atoms with E-state index in [0.29, 0.717) is 12.0 Å². The molecule has 0 unspecified atom stereocenters. The molecule has 1 saturated carbocycles. The minimum Gasteiger partial charge on any atom is -0.312 e. The summed E-state index contributed by atoms with van der Waals surface area (Å²) in [6, 6.07) is 8.76. The van der Waals surface area contributed by atoms with E-state index < -0.39 is 0 Å². The Kier molecular flexibility index (Phi) is 3.80. The Labute approximate surface area is 117 Å². The van der Waals surface area contributed by atoms with Crippen LogP contribution in [0.15, 0.2) is 36.7 Å². The van der Waals surface area contributed by atoms with Crippen LogP contribution >= 0.6 is 11.6 Å². The van der Waals surface area contributed by atoms with Crippen LogP contribution in [0.3, 0.4) is 0 Å². The van der Waals surface area contributed by atoms with Crippen LogP contribution in [0.2, 0.25) is 5.02 Å². The van der Waals surface area contributed by atoms with E-state index in [2.05, 4.69) is 27.8 Å². The fourth-order valence-corrected chi connectivity index (χ4v) is 2.87. The van der Waals surface area contributed by atoms with Gasteiger partial charge in [-0.25, -0.2) is 0 Å². The molecule has 0 aliphatic heterocycles. The molecular formula is C14H17ClN4. The average molecular weight is 277 g/mol. The quantitative estimate of drug-likeness (QED) is 0.912. The van der Waals surface area contributed by atoms with E-state index in [0.717, 1.165) is 18.1 Å². The van der Waals surface area contributed by atoms with Crippen LogP contribution < -0.4 is 5.32 Å². The summed E-state index contributed by atoms with van der Waals surface area (Å²) in [5.74, 6) is 0.609. The zero-order chi connectivity index (χ0) is 13.1. The van der Waals surface area contributed by atoms with Gasteiger partial charge in [-0.05, 0) is 30.4 Å². The smallest absolute Gasteiger partial charge is 0.0692 e. The maximum atomic E-state index is 6.21. The number of nitrogens with zero attached hydrogens (tertiary/aromatic N) is 3. The Morgan fingerprint density at radius 1 is 1.32 bits per heavy atom. The van der Waals surface area contributed by atoms with E-state index in [1.807, 2.05) is 23.0 Å². The SMILES string of the molecule is Clc1ccccc1C1CC(NCCn2ccnn2)C1. The van der Waals surface area contributed by atoms with Crippen molar-refractivity contribution >= 4 is 11.6 Å². The molecule has 0 spiro atoms. The Morgan fingerprint density at radius 2 is 2.16 bits per heavy atom. The van der Waals surface area contributed by atoms with Crippen molar-refractivity contribution in [1.29, 1.82) is 0 Å². The van der Waals surface area contributed by atoms with Gasteiger partial charge >= 0.3 is 0 Å². The van der Waals surface area contributed by atoms with Gasteiger partial charge in [-0.15, -0.1) is 5.10 Å². The summed E-state index contributed by atoms with van der Waals surface area (Å²) in [5, 5.41) is 12.2. The largest absolute Gasteiger partial charge is 0.312 e. The standard InChI is InChI=1S/C14H17ClN4/c15-14-4-2-1-3-13(14)11-9-12(10-11)16-5-7-19-8-6-17-18-19/h1-4,6,8,11-12,16H,5,7,9-10H2. The maximum Gasteiger partial charge on any atom is 0.0692 e. The first-order chi connectivity index (χ1) is 9.33. The predicted octanol–water partition coefficient (Wildman–Crippen LogP) is 2.47. The number of hydrogen-bond acceptors (Lipinski definition) is 3. The molecule has 4 nitrogen and oxygen atoms in total. The molecule has 19 heavy (non-hydrogen) atoms. The second-order valence-electron chi connectivity index (χ2n) is 5.01. The van der Waals surface area contributed by atoms with Crippen molar-refractivity contribution in [3.63, 3.8) is 0 Å². The van der Waals surface area contributed by atoms with Crippen molar-refractivity contribution in [2.24, 2.45) is 0 Å². The van der Waals surface area contributed by atoms with Gasteiger partial charge in [0.2, 0.25) is 0 Å². The Bertz CT molecular complexity index is 520. The van der Waals surface area contributed by atoms with E-state index >= 15 is 0 Å². The third-order valence-electron chi connectivity index (χ3n) is 3.73. The molecule has 1 fully saturated rings. The molecule has 0 radical (unpaired) electrons. The summed E-state index contributed by atoms with van der Waals surface area (Å²) in [5.41, 5.74) is 1.29. The second kappa shape index (κ2) is 5.72. The lowest BCUT2D eigenvalue weighted by atomic mass is 9.76. The van der Waals surface area contributed by atoms with Gasteiger partial charge < -0.3 is 5.32 Å². The molecule has 1 aliphatic rings. The van der Waals surface area contributed by atoms with E-state index in [1.54, 1.807) is 6.20 Å². The van der Waals surface area contributed by atoms with Crippen molar-refractivity contribution in [1.82, 2.24) is 20.3 Å². The summed E-state index contributed by atoms with van der Waals surface area (Å²) < 4.78 is 1.84. The third kappa shape index (κ3) is 2.96. The Morgan fingerprint density at radius 3 is 2.89 bits per heavy atom. The molecule has 1 heterocycles. The zero-order valence-electron chi connectivity index (χ0n) is 10.7. The zero-order valence-corrected chi connectivity index (χ0v) is 11.4. The third-order valence-corrected chi connectivity index (χ3v) is 4.07. The van der Waals surface area contributed by atoms with Crippen molar-refractivity contribution in [3.8, 4) is 0 Å². The van der Waals surface area contributed by atoms with E-state index in [-0.39, 0.29) is 0 Å². The van der Waals surface area contributed by atoms with Gasteiger partial charge in [0.15, 0.2) is 0 Å².